The van der Waals surface area contributed by atoms with Crippen molar-refractivity contribution in [2.75, 3.05) is 0 Å². The largest absolute Gasteiger partial charge is 0.292 e. The predicted molar refractivity (Wildman–Crippen MR) is 222 cm³/mol. The van der Waals surface area contributed by atoms with Crippen LogP contribution in [0, 0.1) is 0 Å². The Morgan fingerprint density at radius 3 is 1.53 bits per heavy atom. The van der Waals surface area contributed by atoms with Crippen LogP contribution in [0.25, 0.3) is 105 Å². The van der Waals surface area contributed by atoms with Gasteiger partial charge in [-0.1, -0.05) is 170 Å². The van der Waals surface area contributed by atoms with E-state index in [4.69, 9.17) is 4.98 Å². The standard InChI is InChI=1S/C51H32N2/c1-4-16-33(17-5-1)46-40-24-10-11-25-41(40)47(34-18-6-2-7-19-34)50-43-31-30-38(39-26-15-27-42(48(39)43)49(46)50)36-22-14-23-37(32-36)53-45-29-13-12-28-44(45)52-51(53)35-20-8-3-9-21-35/h1-32H. The van der Waals surface area contributed by atoms with Gasteiger partial charge in [0.1, 0.15) is 5.82 Å². The SMILES string of the molecule is c1ccc(-c2c3c(c(-c4ccccc4)c4ccccc24)-c2ccc(-c4cccc(-n5c(-c6ccccc6)nc6ccccc65)c4)c4cccc-3c24)cc1. The molecule has 1 aliphatic carbocycles. The molecular formula is C51H32N2. The summed E-state index contributed by atoms with van der Waals surface area (Å²) in [6.07, 6.45) is 0. The average Bonchev–Trinajstić information content (AvgIpc) is 3.78. The van der Waals surface area contributed by atoms with Crippen LogP contribution in [-0.2, 0) is 0 Å². The zero-order valence-electron chi connectivity index (χ0n) is 28.9. The van der Waals surface area contributed by atoms with E-state index in [1.165, 1.54) is 77.2 Å². The molecule has 0 radical (unpaired) electrons. The van der Waals surface area contributed by atoms with Gasteiger partial charge in [-0.15, -0.1) is 0 Å². The molecule has 0 spiro atoms. The van der Waals surface area contributed by atoms with E-state index in [-0.39, 0.29) is 0 Å². The van der Waals surface area contributed by atoms with Crippen molar-refractivity contribution in [3.8, 4) is 72.7 Å². The minimum absolute atomic E-state index is 0.939. The first-order chi connectivity index (χ1) is 26.3. The van der Waals surface area contributed by atoms with Crippen LogP contribution < -0.4 is 0 Å². The Morgan fingerprint density at radius 2 is 0.849 bits per heavy atom. The Morgan fingerprint density at radius 1 is 0.340 bits per heavy atom. The van der Waals surface area contributed by atoms with Crippen LogP contribution in [-0.4, -0.2) is 9.55 Å². The smallest absolute Gasteiger partial charge is 0.145 e. The summed E-state index contributed by atoms with van der Waals surface area (Å²) in [5, 5.41) is 5.12. The minimum Gasteiger partial charge on any atom is -0.292 e. The highest BCUT2D eigenvalue weighted by molar-refractivity contribution is 6.28. The first kappa shape index (κ1) is 29.7. The maximum Gasteiger partial charge on any atom is 0.145 e. The van der Waals surface area contributed by atoms with Gasteiger partial charge in [0.2, 0.25) is 0 Å². The molecule has 2 heteroatoms. The van der Waals surface area contributed by atoms with Gasteiger partial charge in [0, 0.05) is 11.3 Å². The third kappa shape index (κ3) is 4.49. The molecule has 0 unspecified atom stereocenters. The summed E-state index contributed by atoms with van der Waals surface area (Å²) in [5.74, 6) is 0.939. The molecule has 0 fully saturated rings. The average molecular weight is 673 g/mol. The van der Waals surface area contributed by atoms with Crippen molar-refractivity contribution in [1.82, 2.24) is 9.55 Å². The Bertz CT molecular complexity index is 2940. The fourth-order valence-corrected chi connectivity index (χ4v) is 8.74. The number of hydrogen-bond acceptors (Lipinski definition) is 1. The van der Waals surface area contributed by atoms with Crippen LogP contribution in [0.3, 0.4) is 0 Å². The van der Waals surface area contributed by atoms with Crippen LogP contribution in [0.1, 0.15) is 0 Å². The van der Waals surface area contributed by atoms with Crippen molar-refractivity contribution in [3.63, 3.8) is 0 Å². The molecule has 11 rings (SSSR count). The second-order valence-corrected chi connectivity index (χ2v) is 13.8. The molecule has 10 aromatic rings. The maximum absolute atomic E-state index is 5.12. The van der Waals surface area contributed by atoms with Gasteiger partial charge in [0.25, 0.3) is 0 Å². The van der Waals surface area contributed by atoms with Crippen molar-refractivity contribution < 1.29 is 0 Å². The van der Waals surface area contributed by atoms with E-state index in [1.807, 2.05) is 0 Å². The monoisotopic (exact) mass is 672 g/mol. The number of rotatable bonds is 5. The molecule has 0 bridgehead atoms. The molecule has 0 saturated carbocycles. The number of fused-ring (bicyclic) bond motifs is 5. The van der Waals surface area contributed by atoms with E-state index in [0.29, 0.717) is 0 Å². The van der Waals surface area contributed by atoms with Crippen LogP contribution in [0.4, 0.5) is 0 Å². The lowest BCUT2D eigenvalue weighted by molar-refractivity contribution is 1.10. The highest BCUT2D eigenvalue weighted by Gasteiger charge is 2.31. The Hall–Kier alpha value is -7.03. The second kappa shape index (κ2) is 11.8. The summed E-state index contributed by atoms with van der Waals surface area (Å²) >= 11 is 0. The van der Waals surface area contributed by atoms with Gasteiger partial charge in [0.05, 0.1) is 11.0 Å². The first-order valence-electron chi connectivity index (χ1n) is 18.2. The number of para-hydroxylation sites is 2. The third-order valence-corrected chi connectivity index (χ3v) is 10.9. The molecule has 0 aliphatic heterocycles. The Balaban J connectivity index is 1.18. The van der Waals surface area contributed by atoms with Gasteiger partial charge in [-0.3, -0.25) is 4.57 Å². The summed E-state index contributed by atoms with van der Waals surface area (Å²) in [7, 11) is 0. The zero-order chi connectivity index (χ0) is 34.9. The fraction of sp³-hybridized carbons (Fsp3) is 0. The topological polar surface area (TPSA) is 17.8 Å². The number of imidazole rings is 1. The summed E-state index contributed by atoms with van der Waals surface area (Å²) < 4.78 is 2.30. The molecule has 53 heavy (non-hydrogen) atoms. The van der Waals surface area contributed by atoms with Gasteiger partial charge in [-0.05, 0) is 101 Å². The number of nitrogens with zero attached hydrogens (tertiary/aromatic N) is 2. The van der Waals surface area contributed by atoms with Crippen LogP contribution in [0.5, 0.6) is 0 Å². The summed E-state index contributed by atoms with van der Waals surface area (Å²) in [6.45, 7) is 0. The quantitative estimate of drug-likeness (QED) is 0.178. The summed E-state index contributed by atoms with van der Waals surface area (Å²) in [5.41, 5.74) is 16.9. The predicted octanol–water partition coefficient (Wildman–Crippen LogP) is 13.6. The second-order valence-electron chi connectivity index (χ2n) is 13.8. The molecule has 0 atom stereocenters. The van der Waals surface area contributed by atoms with Crippen molar-refractivity contribution in [1.29, 1.82) is 0 Å². The van der Waals surface area contributed by atoms with Crippen LogP contribution in [0.15, 0.2) is 194 Å². The van der Waals surface area contributed by atoms with E-state index in [9.17, 15) is 0 Å². The highest BCUT2D eigenvalue weighted by atomic mass is 15.1. The molecule has 246 valence electrons. The van der Waals surface area contributed by atoms with E-state index in [1.54, 1.807) is 0 Å². The summed E-state index contributed by atoms with van der Waals surface area (Å²) in [4.78, 5) is 5.12. The number of aromatic nitrogens is 2. The van der Waals surface area contributed by atoms with Gasteiger partial charge in [-0.25, -0.2) is 4.98 Å². The normalized spacial score (nSPS) is 11.8. The van der Waals surface area contributed by atoms with Gasteiger partial charge < -0.3 is 0 Å². The van der Waals surface area contributed by atoms with Crippen molar-refractivity contribution in [2.45, 2.75) is 0 Å². The van der Waals surface area contributed by atoms with Crippen molar-refractivity contribution >= 4 is 32.6 Å². The van der Waals surface area contributed by atoms with E-state index in [0.717, 1.165) is 28.1 Å². The Kier molecular flexibility index (Phi) is 6.59. The third-order valence-electron chi connectivity index (χ3n) is 10.9. The zero-order valence-corrected chi connectivity index (χ0v) is 28.9. The Labute approximate surface area is 307 Å². The lowest BCUT2D eigenvalue weighted by Gasteiger charge is -2.20. The molecule has 9 aromatic carbocycles. The minimum atomic E-state index is 0.939. The molecule has 1 aromatic heterocycles. The van der Waals surface area contributed by atoms with E-state index < -0.39 is 0 Å². The van der Waals surface area contributed by atoms with Gasteiger partial charge >= 0.3 is 0 Å². The van der Waals surface area contributed by atoms with Crippen molar-refractivity contribution in [3.05, 3.63) is 194 Å². The lowest BCUT2D eigenvalue weighted by Crippen LogP contribution is -1.98. The first-order valence-corrected chi connectivity index (χ1v) is 18.2. The molecule has 1 aliphatic rings. The highest BCUT2D eigenvalue weighted by Crippen LogP contribution is 2.58. The van der Waals surface area contributed by atoms with Gasteiger partial charge in [0.15, 0.2) is 0 Å². The molecule has 1 heterocycles. The van der Waals surface area contributed by atoms with Gasteiger partial charge in [-0.2, -0.15) is 0 Å². The molecular weight excluding hydrogens is 641 g/mol. The molecule has 0 saturated heterocycles. The van der Waals surface area contributed by atoms with Crippen LogP contribution in [0.2, 0.25) is 0 Å². The molecule has 2 nitrogen and oxygen atoms in total. The number of benzene rings is 9. The lowest BCUT2D eigenvalue weighted by atomic mass is 9.82. The van der Waals surface area contributed by atoms with E-state index in [2.05, 4.69) is 199 Å². The maximum atomic E-state index is 5.12. The summed E-state index contributed by atoms with van der Waals surface area (Å²) in [6, 6.07) is 70.3. The fourth-order valence-electron chi connectivity index (χ4n) is 8.74. The van der Waals surface area contributed by atoms with Crippen LogP contribution >= 0.6 is 0 Å². The van der Waals surface area contributed by atoms with E-state index >= 15 is 0 Å². The van der Waals surface area contributed by atoms with Crippen molar-refractivity contribution in [2.24, 2.45) is 0 Å². The number of hydrogen-bond donors (Lipinski definition) is 0. The molecule has 0 amide bonds. The molecule has 0 N–H and O–H groups in total.